The lowest BCUT2D eigenvalue weighted by Gasteiger charge is -1.89. The first-order valence-corrected chi connectivity index (χ1v) is 2.74. The predicted octanol–water partition coefficient (Wildman–Crippen LogP) is 2.04. The van der Waals surface area contributed by atoms with Crippen LogP contribution in [0.2, 0.25) is 0 Å². The number of allylic oxidation sites excluding steroid dienone is 4. The van der Waals surface area contributed by atoms with E-state index in [1.165, 1.54) is 12.8 Å². The first kappa shape index (κ1) is 3.48. The van der Waals surface area contributed by atoms with Gasteiger partial charge in [0.25, 0.3) is 0 Å². The van der Waals surface area contributed by atoms with Crippen LogP contribution in [-0.4, -0.2) is 0 Å². The Bertz CT molecular complexity index is 170. The Morgan fingerprint density at radius 3 is 2.57 bits per heavy atom. The summed E-state index contributed by atoms with van der Waals surface area (Å²) in [5, 5.41) is 0. The summed E-state index contributed by atoms with van der Waals surface area (Å²) in [4.78, 5) is 0. The summed E-state index contributed by atoms with van der Waals surface area (Å²) in [6, 6.07) is 0. The fraction of sp³-hybridized carbons (Fsp3) is 0.429. The van der Waals surface area contributed by atoms with Gasteiger partial charge in [-0.05, 0) is 25.3 Å². The highest BCUT2D eigenvalue weighted by Gasteiger charge is 2.23. The molecule has 0 spiro atoms. The van der Waals surface area contributed by atoms with Crippen LogP contribution in [0.3, 0.4) is 0 Å². The number of hydrogen-bond acceptors (Lipinski definition) is 0. The molecule has 2 aliphatic rings. The average Bonchev–Trinajstić information content (AvgIpc) is 2.15. The van der Waals surface area contributed by atoms with Gasteiger partial charge >= 0.3 is 0 Å². The Morgan fingerprint density at radius 2 is 2.29 bits per heavy atom. The lowest BCUT2D eigenvalue weighted by atomic mass is 10.2. The highest BCUT2D eigenvalue weighted by molar-refractivity contribution is 5.52. The Labute approximate surface area is 43.5 Å². The molecule has 0 bridgehead atoms. The molecular weight excluding hydrogens is 84.1 g/mol. The lowest BCUT2D eigenvalue weighted by molar-refractivity contribution is 1.14. The van der Waals surface area contributed by atoms with Gasteiger partial charge in [-0.2, -0.15) is 0 Å². The zero-order valence-corrected chi connectivity index (χ0v) is 4.49. The standard InChI is InChI=1S/C7H8/c1-5-2-6-4-7(6)3-5/h2H,3-4H2,1H3. The van der Waals surface area contributed by atoms with Crippen molar-refractivity contribution in [3.8, 4) is 0 Å². The summed E-state index contributed by atoms with van der Waals surface area (Å²) < 4.78 is 0. The molecule has 0 saturated heterocycles. The van der Waals surface area contributed by atoms with Gasteiger partial charge in [-0.15, -0.1) is 0 Å². The van der Waals surface area contributed by atoms with E-state index in [4.69, 9.17) is 0 Å². The summed E-state index contributed by atoms with van der Waals surface area (Å²) in [7, 11) is 0. The van der Waals surface area contributed by atoms with Crippen molar-refractivity contribution < 1.29 is 0 Å². The van der Waals surface area contributed by atoms with E-state index in [2.05, 4.69) is 13.0 Å². The molecule has 0 unspecified atom stereocenters. The average molecular weight is 92.1 g/mol. The van der Waals surface area contributed by atoms with Gasteiger partial charge in [0.2, 0.25) is 0 Å². The van der Waals surface area contributed by atoms with Crippen molar-refractivity contribution in [2.45, 2.75) is 19.8 Å². The topological polar surface area (TPSA) is 0 Å². The van der Waals surface area contributed by atoms with Crippen molar-refractivity contribution in [2.24, 2.45) is 0 Å². The molecule has 0 N–H and O–H groups in total. The normalized spacial score (nSPS) is 25.0. The van der Waals surface area contributed by atoms with E-state index in [0.29, 0.717) is 0 Å². The molecule has 2 aliphatic carbocycles. The Balaban J connectivity index is 2.35. The van der Waals surface area contributed by atoms with Crippen LogP contribution in [0.5, 0.6) is 0 Å². The molecule has 0 saturated carbocycles. The third-order valence-corrected chi connectivity index (χ3v) is 1.65. The highest BCUT2D eigenvalue weighted by atomic mass is 14.3. The van der Waals surface area contributed by atoms with Gasteiger partial charge in [0.1, 0.15) is 0 Å². The second kappa shape index (κ2) is 0.835. The Kier molecular flexibility index (Phi) is 0.415. The van der Waals surface area contributed by atoms with Crippen LogP contribution in [0, 0.1) is 0 Å². The van der Waals surface area contributed by atoms with Gasteiger partial charge in [-0.3, -0.25) is 0 Å². The SMILES string of the molecule is CC1=CC2=C(C1)C2. The molecule has 0 aromatic heterocycles. The van der Waals surface area contributed by atoms with Crippen LogP contribution in [0.15, 0.2) is 22.8 Å². The van der Waals surface area contributed by atoms with Crippen LogP contribution in [0.25, 0.3) is 0 Å². The zero-order chi connectivity index (χ0) is 4.85. The summed E-state index contributed by atoms with van der Waals surface area (Å²) >= 11 is 0. The molecule has 0 amide bonds. The molecule has 0 aromatic carbocycles. The van der Waals surface area contributed by atoms with E-state index in [1.807, 2.05) is 0 Å². The zero-order valence-electron chi connectivity index (χ0n) is 4.49. The van der Waals surface area contributed by atoms with E-state index >= 15 is 0 Å². The van der Waals surface area contributed by atoms with Crippen molar-refractivity contribution in [3.05, 3.63) is 22.8 Å². The summed E-state index contributed by atoms with van der Waals surface area (Å²) in [5.74, 6) is 0. The Hall–Kier alpha value is -0.520. The monoisotopic (exact) mass is 92.1 g/mol. The van der Waals surface area contributed by atoms with Gasteiger partial charge in [0, 0.05) is 0 Å². The molecule has 0 heteroatoms. The Morgan fingerprint density at radius 1 is 1.43 bits per heavy atom. The van der Waals surface area contributed by atoms with E-state index in [9.17, 15) is 0 Å². The molecule has 7 heavy (non-hydrogen) atoms. The molecule has 0 nitrogen and oxygen atoms in total. The smallest absolute Gasteiger partial charge is 0.00582 e. The van der Waals surface area contributed by atoms with Crippen LogP contribution in [-0.2, 0) is 0 Å². The van der Waals surface area contributed by atoms with Crippen molar-refractivity contribution in [1.82, 2.24) is 0 Å². The van der Waals surface area contributed by atoms with Crippen molar-refractivity contribution in [2.75, 3.05) is 0 Å². The van der Waals surface area contributed by atoms with Crippen LogP contribution < -0.4 is 0 Å². The maximum atomic E-state index is 2.31. The first-order valence-electron chi connectivity index (χ1n) is 2.74. The maximum Gasteiger partial charge on any atom is -0.00582 e. The quantitative estimate of drug-likeness (QED) is 0.429. The van der Waals surface area contributed by atoms with Crippen molar-refractivity contribution >= 4 is 0 Å². The van der Waals surface area contributed by atoms with E-state index in [0.717, 1.165) is 0 Å². The van der Waals surface area contributed by atoms with Gasteiger partial charge in [0.15, 0.2) is 0 Å². The van der Waals surface area contributed by atoms with Crippen LogP contribution in [0.4, 0.5) is 0 Å². The molecule has 0 atom stereocenters. The largest absolute Gasteiger partial charge is 0.0690 e. The molecule has 0 fully saturated rings. The highest BCUT2D eigenvalue weighted by Crippen LogP contribution is 2.43. The molecule has 0 heterocycles. The molecule has 2 rings (SSSR count). The molecular formula is C7H8. The van der Waals surface area contributed by atoms with E-state index in [1.54, 1.807) is 16.7 Å². The predicted molar refractivity (Wildman–Crippen MR) is 30.0 cm³/mol. The van der Waals surface area contributed by atoms with Gasteiger partial charge in [0.05, 0.1) is 0 Å². The lowest BCUT2D eigenvalue weighted by Crippen LogP contribution is -1.69. The van der Waals surface area contributed by atoms with Gasteiger partial charge in [-0.25, -0.2) is 0 Å². The third-order valence-electron chi connectivity index (χ3n) is 1.65. The van der Waals surface area contributed by atoms with E-state index in [-0.39, 0.29) is 0 Å². The fourth-order valence-electron chi connectivity index (χ4n) is 1.20. The van der Waals surface area contributed by atoms with Gasteiger partial charge < -0.3 is 0 Å². The number of hydrogen-bond donors (Lipinski definition) is 0. The third kappa shape index (κ3) is 0.365. The fourth-order valence-corrected chi connectivity index (χ4v) is 1.20. The molecule has 36 valence electrons. The summed E-state index contributed by atoms with van der Waals surface area (Å²) in [6.45, 7) is 2.20. The van der Waals surface area contributed by atoms with Crippen molar-refractivity contribution in [3.63, 3.8) is 0 Å². The van der Waals surface area contributed by atoms with Crippen molar-refractivity contribution in [1.29, 1.82) is 0 Å². The summed E-state index contributed by atoms with van der Waals surface area (Å²) in [6.07, 6.45) is 4.93. The first-order chi connectivity index (χ1) is 3.36. The molecule has 0 aliphatic heterocycles. The van der Waals surface area contributed by atoms with E-state index < -0.39 is 0 Å². The minimum atomic E-state index is 1.29. The second-order valence-corrected chi connectivity index (χ2v) is 2.47. The summed E-state index contributed by atoms with van der Waals surface area (Å²) in [5.41, 5.74) is 4.87. The minimum Gasteiger partial charge on any atom is -0.0690 e. The molecule has 0 aromatic rings. The van der Waals surface area contributed by atoms with Crippen LogP contribution >= 0.6 is 0 Å². The molecule has 0 radical (unpaired) electrons. The minimum absolute atomic E-state index is 1.29. The number of rotatable bonds is 0. The van der Waals surface area contributed by atoms with Gasteiger partial charge in [-0.1, -0.05) is 17.2 Å². The maximum absolute atomic E-state index is 2.31. The second-order valence-electron chi connectivity index (χ2n) is 2.47. The van der Waals surface area contributed by atoms with Crippen LogP contribution in [0.1, 0.15) is 19.8 Å².